The number of carbonyl (C=O) groups is 2. The molecule has 1 saturated heterocycles. The van der Waals surface area contributed by atoms with Gasteiger partial charge in [0.25, 0.3) is 5.92 Å². The minimum absolute atomic E-state index is 0.180. The molecule has 0 aromatic heterocycles. The molecule has 0 radical (unpaired) electrons. The molecule has 126 valence electrons. The molecule has 1 heterocycles. The van der Waals surface area contributed by atoms with Gasteiger partial charge in [-0.2, -0.15) is 0 Å². The number of nitrogens with zero attached hydrogens (tertiary/aromatic N) is 1. The predicted octanol–water partition coefficient (Wildman–Crippen LogP) is 1.64. The number of nitrogens with one attached hydrogen (secondary N) is 2. The molecule has 7 heteroatoms. The van der Waals surface area contributed by atoms with Crippen molar-refractivity contribution in [1.29, 1.82) is 0 Å². The Hall–Kier alpha value is -2.02. The van der Waals surface area contributed by atoms with Crippen molar-refractivity contribution >= 4 is 17.5 Å². The quantitative estimate of drug-likeness (QED) is 0.865. The van der Waals surface area contributed by atoms with Crippen LogP contribution in [-0.4, -0.2) is 48.8 Å². The molecule has 2 rings (SSSR count). The highest BCUT2D eigenvalue weighted by atomic mass is 19.3. The highest BCUT2D eigenvalue weighted by Crippen LogP contribution is 2.25. The molecule has 0 saturated carbocycles. The van der Waals surface area contributed by atoms with Crippen LogP contribution < -0.4 is 10.6 Å². The molecule has 5 nitrogen and oxygen atoms in total. The van der Waals surface area contributed by atoms with E-state index in [0.29, 0.717) is 5.69 Å². The first-order valence-electron chi connectivity index (χ1n) is 7.56. The molecule has 1 aliphatic rings. The van der Waals surface area contributed by atoms with Crippen molar-refractivity contribution in [2.24, 2.45) is 0 Å². The number of aryl methyl sites for hydroxylation is 1. The summed E-state index contributed by atoms with van der Waals surface area (Å²) in [5, 5.41) is 5.25. The lowest BCUT2D eigenvalue weighted by atomic mass is 10.1. The van der Waals surface area contributed by atoms with E-state index in [1.807, 2.05) is 25.1 Å². The van der Waals surface area contributed by atoms with E-state index in [-0.39, 0.29) is 12.5 Å². The zero-order chi connectivity index (χ0) is 17.0. The molecule has 0 bridgehead atoms. The third kappa shape index (κ3) is 4.48. The first-order chi connectivity index (χ1) is 10.8. The molecular formula is C16H21F2N3O2. The fraction of sp³-hybridized carbons (Fsp3) is 0.500. The molecule has 2 N–H and O–H groups in total. The summed E-state index contributed by atoms with van der Waals surface area (Å²) >= 11 is 0. The maximum absolute atomic E-state index is 13.1. The van der Waals surface area contributed by atoms with E-state index in [9.17, 15) is 18.4 Å². The number of halogens is 2. The maximum atomic E-state index is 13.1. The fourth-order valence-corrected chi connectivity index (χ4v) is 2.59. The van der Waals surface area contributed by atoms with Crippen LogP contribution in [0.5, 0.6) is 0 Å². The summed E-state index contributed by atoms with van der Waals surface area (Å²) in [6.07, 6.45) is 0.239. The van der Waals surface area contributed by atoms with Crippen molar-refractivity contribution < 1.29 is 18.4 Å². The van der Waals surface area contributed by atoms with Gasteiger partial charge in [-0.05, 0) is 18.1 Å². The van der Waals surface area contributed by atoms with Crippen LogP contribution in [0.1, 0.15) is 18.9 Å². The standard InChI is InChI=1S/C16H21F2N3O2/c1-3-11-6-4-5-7-12(11)20-14(22)9-21(2)15(23)13-8-16(17,18)10-19-13/h4-7,13,19H,3,8-10H2,1-2H3,(H,20,22). The van der Waals surface area contributed by atoms with Gasteiger partial charge in [0, 0.05) is 19.2 Å². The topological polar surface area (TPSA) is 61.4 Å². The van der Waals surface area contributed by atoms with E-state index in [2.05, 4.69) is 10.6 Å². The van der Waals surface area contributed by atoms with Gasteiger partial charge in [-0.25, -0.2) is 8.78 Å². The van der Waals surface area contributed by atoms with Gasteiger partial charge in [0.15, 0.2) is 0 Å². The van der Waals surface area contributed by atoms with E-state index >= 15 is 0 Å². The minimum atomic E-state index is -2.87. The predicted molar refractivity (Wildman–Crippen MR) is 83.4 cm³/mol. The SMILES string of the molecule is CCc1ccccc1NC(=O)CN(C)C(=O)C1CC(F)(F)CN1. The number of amides is 2. The van der Waals surface area contributed by atoms with E-state index in [0.717, 1.165) is 12.0 Å². The molecule has 1 atom stereocenters. The van der Waals surface area contributed by atoms with Crippen molar-refractivity contribution in [2.75, 3.05) is 25.5 Å². The lowest BCUT2D eigenvalue weighted by Crippen LogP contribution is -2.44. The van der Waals surface area contributed by atoms with Crippen LogP contribution in [0.4, 0.5) is 14.5 Å². The molecule has 0 aliphatic carbocycles. The number of alkyl halides is 2. The van der Waals surface area contributed by atoms with E-state index in [1.54, 1.807) is 6.07 Å². The summed E-state index contributed by atoms with van der Waals surface area (Å²) in [7, 11) is 1.44. The number of para-hydroxylation sites is 1. The number of carbonyl (C=O) groups excluding carboxylic acids is 2. The maximum Gasteiger partial charge on any atom is 0.262 e. The van der Waals surface area contributed by atoms with Gasteiger partial charge in [0.1, 0.15) is 0 Å². The molecule has 23 heavy (non-hydrogen) atoms. The van der Waals surface area contributed by atoms with Gasteiger partial charge in [0.05, 0.1) is 19.1 Å². The number of hydrogen-bond acceptors (Lipinski definition) is 3. The summed E-state index contributed by atoms with van der Waals surface area (Å²) in [4.78, 5) is 25.3. The second-order valence-electron chi connectivity index (χ2n) is 5.75. The monoisotopic (exact) mass is 325 g/mol. The number of anilines is 1. The Morgan fingerprint density at radius 3 is 2.70 bits per heavy atom. The molecule has 2 amide bonds. The third-order valence-electron chi connectivity index (χ3n) is 3.84. The van der Waals surface area contributed by atoms with Crippen LogP contribution in [0.25, 0.3) is 0 Å². The molecule has 1 aliphatic heterocycles. The van der Waals surface area contributed by atoms with Gasteiger partial charge in [0.2, 0.25) is 11.8 Å². The summed E-state index contributed by atoms with van der Waals surface area (Å²) in [5.74, 6) is -3.73. The summed E-state index contributed by atoms with van der Waals surface area (Å²) < 4.78 is 26.3. The molecule has 0 spiro atoms. The van der Waals surface area contributed by atoms with E-state index in [4.69, 9.17) is 0 Å². The molecular weight excluding hydrogens is 304 g/mol. The Balaban J connectivity index is 1.91. The van der Waals surface area contributed by atoms with Crippen LogP contribution in [0.2, 0.25) is 0 Å². The minimum Gasteiger partial charge on any atom is -0.335 e. The third-order valence-corrected chi connectivity index (χ3v) is 3.84. The van der Waals surface area contributed by atoms with Crippen molar-refractivity contribution in [3.63, 3.8) is 0 Å². The summed E-state index contributed by atoms with van der Waals surface area (Å²) in [6.45, 7) is 1.29. The molecule has 1 fully saturated rings. The van der Waals surface area contributed by atoms with Crippen LogP contribution in [0.3, 0.4) is 0 Å². The highest BCUT2D eigenvalue weighted by molar-refractivity contribution is 5.95. The van der Waals surface area contributed by atoms with Crippen LogP contribution >= 0.6 is 0 Å². The van der Waals surface area contributed by atoms with Crippen LogP contribution in [0, 0.1) is 0 Å². The Bertz CT molecular complexity index is 592. The van der Waals surface area contributed by atoms with Crippen LogP contribution in [-0.2, 0) is 16.0 Å². The summed E-state index contributed by atoms with van der Waals surface area (Å²) in [6, 6.07) is 6.46. The van der Waals surface area contributed by atoms with Crippen molar-refractivity contribution in [3.05, 3.63) is 29.8 Å². The van der Waals surface area contributed by atoms with Gasteiger partial charge in [-0.3, -0.25) is 14.9 Å². The first kappa shape index (κ1) is 17.3. The van der Waals surface area contributed by atoms with E-state index in [1.165, 1.54) is 11.9 Å². The zero-order valence-electron chi connectivity index (χ0n) is 13.2. The summed E-state index contributed by atoms with van der Waals surface area (Å²) in [5.41, 5.74) is 1.69. The Kier molecular flexibility index (Phi) is 5.30. The number of rotatable bonds is 5. The van der Waals surface area contributed by atoms with Crippen molar-refractivity contribution in [3.8, 4) is 0 Å². The number of benzene rings is 1. The average Bonchev–Trinajstić information content (AvgIpc) is 2.87. The lowest BCUT2D eigenvalue weighted by molar-refractivity contribution is -0.135. The van der Waals surface area contributed by atoms with Crippen molar-refractivity contribution in [1.82, 2.24) is 10.2 Å². The largest absolute Gasteiger partial charge is 0.335 e. The van der Waals surface area contributed by atoms with E-state index < -0.39 is 30.8 Å². The first-order valence-corrected chi connectivity index (χ1v) is 7.56. The fourth-order valence-electron chi connectivity index (χ4n) is 2.59. The average molecular weight is 325 g/mol. The van der Waals surface area contributed by atoms with Gasteiger partial charge >= 0.3 is 0 Å². The van der Waals surface area contributed by atoms with Crippen molar-refractivity contribution in [2.45, 2.75) is 31.7 Å². The smallest absolute Gasteiger partial charge is 0.262 e. The second kappa shape index (κ2) is 7.04. The van der Waals surface area contributed by atoms with Gasteiger partial charge in [-0.15, -0.1) is 0 Å². The normalized spacial score (nSPS) is 19.4. The second-order valence-corrected chi connectivity index (χ2v) is 5.75. The molecule has 1 aromatic rings. The highest BCUT2D eigenvalue weighted by Gasteiger charge is 2.43. The Morgan fingerprint density at radius 1 is 1.39 bits per heavy atom. The number of likely N-dealkylation sites (N-methyl/N-ethyl adjacent to an activating group) is 1. The zero-order valence-corrected chi connectivity index (χ0v) is 13.2. The number of hydrogen-bond donors (Lipinski definition) is 2. The molecule has 1 unspecified atom stereocenters. The van der Waals surface area contributed by atoms with Gasteiger partial charge in [-0.1, -0.05) is 25.1 Å². The lowest BCUT2D eigenvalue weighted by Gasteiger charge is -2.21. The van der Waals surface area contributed by atoms with Gasteiger partial charge < -0.3 is 10.2 Å². The Labute approximate surface area is 134 Å². The molecule has 1 aromatic carbocycles. The van der Waals surface area contributed by atoms with Crippen LogP contribution in [0.15, 0.2) is 24.3 Å². The Morgan fingerprint density at radius 2 is 2.09 bits per heavy atom.